The Balaban J connectivity index is 2.23. The summed E-state index contributed by atoms with van der Waals surface area (Å²) in [6, 6.07) is 0. The van der Waals surface area contributed by atoms with Crippen LogP contribution in [0.2, 0.25) is 0 Å². The third-order valence-electron chi connectivity index (χ3n) is 2.51. The number of aliphatic imine (C=N–C) groups is 1. The first-order chi connectivity index (χ1) is 5.77. The molecule has 0 spiro atoms. The molecule has 2 aliphatic heterocycles. The van der Waals surface area contributed by atoms with Crippen LogP contribution < -0.4 is 5.32 Å². The largest absolute Gasteiger partial charge is 0.339 e. The van der Waals surface area contributed by atoms with E-state index in [-0.39, 0.29) is 0 Å². The zero-order valence-electron chi connectivity index (χ0n) is 7.72. The van der Waals surface area contributed by atoms with Gasteiger partial charge in [0.2, 0.25) is 0 Å². The van der Waals surface area contributed by atoms with Crippen molar-refractivity contribution in [3.05, 3.63) is 11.3 Å². The molecule has 0 unspecified atom stereocenters. The lowest BCUT2D eigenvalue weighted by Gasteiger charge is -2.34. The molecule has 2 heterocycles. The van der Waals surface area contributed by atoms with Crippen molar-refractivity contribution in [2.24, 2.45) is 4.99 Å². The van der Waals surface area contributed by atoms with Crippen molar-refractivity contribution in [1.29, 1.82) is 0 Å². The molecule has 0 saturated carbocycles. The highest BCUT2D eigenvalue weighted by Crippen LogP contribution is 2.13. The molecule has 12 heavy (non-hydrogen) atoms. The number of rotatable bonds is 0. The monoisotopic (exact) mass is 165 g/mol. The molecule has 3 nitrogen and oxygen atoms in total. The fourth-order valence-electron chi connectivity index (χ4n) is 1.60. The lowest BCUT2D eigenvalue weighted by molar-refractivity contribution is 0.396. The summed E-state index contributed by atoms with van der Waals surface area (Å²) in [4.78, 5) is 6.74. The van der Waals surface area contributed by atoms with Crippen molar-refractivity contribution >= 4 is 5.96 Å². The molecule has 2 aliphatic rings. The lowest BCUT2D eigenvalue weighted by Crippen LogP contribution is -2.48. The van der Waals surface area contributed by atoms with Gasteiger partial charge in [0, 0.05) is 25.3 Å². The van der Waals surface area contributed by atoms with Gasteiger partial charge in [-0.15, -0.1) is 0 Å². The van der Waals surface area contributed by atoms with E-state index in [1.807, 2.05) is 0 Å². The molecule has 0 aromatic rings. The number of nitrogens with one attached hydrogen (secondary N) is 1. The van der Waals surface area contributed by atoms with Gasteiger partial charge in [0.15, 0.2) is 5.96 Å². The number of fused-ring (bicyclic) bond motifs is 1. The van der Waals surface area contributed by atoms with Crippen LogP contribution in [0.5, 0.6) is 0 Å². The van der Waals surface area contributed by atoms with Crippen LogP contribution >= 0.6 is 0 Å². The maximum Gasteiger partial charge on any atom is 0.198 e. The fourth-order valence-corrected chi connectivity index (χ4v) is 1.60. The topological polar surface area (TPSA) is 27.6 Å². The molecule has 0 aromatic heterocycles. The van der Waals surface area contributed by atoms with Crippen molar-refractivity contribution in [1.82, 2.24) is 10.2 Å². The van der Waals surface area contributed by atoms with Gasteiger partial charge in [-0.05, 0) is 25.8 Å². The highest BCUT2D eigenvalue weighted by atomic mass is 15.3. The van der Waals surface area contributed by atoms with Gasteiger partial charge in [-0.3, -0.25) is 4.99 Å². The van der Waals surface area contributed by atoms with Crippen LogP contribution in [-0.2, 0) is 0 Å². The molecule has 1 N–H and O–H groups in total. The minimum absolute atomic E-state index is 0.977. The highest BCUT2D eigenvalue weighted by Gasteiger charge is 2.20. The predicted octanol–water partition coefficient (Wildman–Crippen LogP) is 0.945. The maximum absolute atomic E-state index is 4.43. The highest BCUT2D eigenvalue weighted by molar-refractivity contribution is 5.83. The Morgan fingerprint density at radius 1 is 1.42 bits per heavy atom. The summed E-state index contributed by atoms with van der Waals surface area (Å²) < 4.78 is 0. The molecule has 0 bridgehead atoms. The normalized spacial score (nSPS) is 23.2. The van der Waals surface area contributed by atoms with Gasteiger partial charge in [0.25, 0.3) is 0 Å². The van der Waals surface area contributed by atoms with E-state index in [1.165, 1.54) is 17.7 Å². The van der Waals surface area contributed by atoms with E-state index in [0.717, 1.165) is 25.6 Å². The minimum Gasteiger partial charge on any atom is -0.339 e. The van der Waals surface area contributed by atoms with Crippen molar-refractivity contribution in [3.63, 3.8) is 0 Å². The molecule has 3 heteroatoms. The van der Waals surface area contributed by atoms with Gasteiger partial charge in [-0.25, -0.2) is 0 Å². The second kappa shape index (κ2) is 2.81. The van der Waals surface area contributed by atoms with Gasteiger partial charge < -0.3 is 10.2 Å². The third kappa shape index (κ3) is 1.19. The molecule has 0 fully saturated rings. The van der Waals surface area contributed by atoms with E-state index >= 15 is 0 Å². The van der Waals surface area contributed by atoms with Crippen LogP contribution in [0.4, 0.5) is 0 Å². The van der Waals surface area contributed by atoms with Crippen molar-refractivity contribution in [2.75, 3.05) is 19.6 Å². The molecular formula is C9H15N3. The number of hydrogen-bond donors (Lipinski definition) is 1. The van der Waals surface area contributed by atoms with Crippen LogP contribution in [0.1, 0.15) is 20.3 Å². The van der Waals surface area contributed by atoms with E-state index < -0.39 is 0 Å². The van der Waals surface area contributed by atoms with Gasteiger partial charge in [0.05, 0.1) is 0 Å². The van der Waals surface area contributed by atoms with E-state index in [0.29, 0.717) is 0 Å². The molecule has 2 rings (SSSR count). The van der Waals surface area contributed by atoms with Crippen molar-refractivity contribution < 1.29 is 0 Å². The second-order valence-electron chi connectivity index (χ2n) is 3.51. The Morgan fingerprint density at radius 3 is 3.08 bits per heavy atom. The molecular weight excluding hydrogens is 150 g/mol. The lowest BCUT2D eigenvalue weighted by atomic mass is 10.1. The SMILES string of the molecule is CC1=C(C)NC2=NCCCN2C1. The summed E-state index contributed by atoms with van der Waals surface area (Å²) in [7, 11) is 0. The average molecular weight is 165 g/mol. The first-order valence-electron chi connectivity index (χ1n) is 4.50. The quantitative estimate of drug-likeness (QED) is 0.578. The average Bonchev–Trinajstić information content (AvgIpc) is 2.07. The maximum atomic E-state index is 4.43. The smallest absolute Gasteiger partial charge is 0.198 e. The fraction of sp³-hybridized carbons (Fsp3) is 0.667. The summed E-state index contributed by atoms with van der Waals surface area (Å²) >= 11 is 0. The molecule has 0 atom stereocenters. The van der Waals surface area contributed by atoms with E-state index in [2.05, 4.69) is 29.1 Å². The molecule has 0 aromatic carbocycles. The Kier molecular flexibility index (Phi) is 1.79. The summed E-state index contributed by atoms with van der Waals surface area (Å²) in [5.41, 5.74) is 2.70. The van der Waals surface area contributed by atoms with Gasteiger partial charge in [0.1, 0.15) is 0 Å². The van der Waals surface area contributed by atoms with E-state index in [4.69, 9.17) is 0 Å². The second-order valence-corrected chi connectivity index (χ2v) is 3.51. The Morgan fingerprint density at radius 2 is 2.25 bits per heavy atom. The standard InChI is InChI=1S/C9H15N3/c1-7-6-12-5-3-4-10-9(12)11-8(7)2/h3-6H2,1-2H3,(H,10,11). The number of allylic oxidation sites excluding steroid dienone is 1. The minimum atomic E-state index is 0.977. The van der Waals surface area contributed by atoms with Crippen LogP contribution in [0, 0.1) is 0 Å². The first kappa shape index (κ1) is 7.65. The molecule has 0 radical (unpaired) electrons. The molecule has 66 valence electrons. The number of hydrogen-bond acceptors (Lipinski definition) is 3. The van der Waals surface area contributed by atoms with Crippen LogP contribution in [0.25, 0.3) is 0 Å². The van der Waals surface area contributed by atoms with Crippen LogP contribution in [0.15, 0.2) is 16.3 Å². The van der Waals surface area contributed by atoms with Crippen LogP contribution in [-0.4, -0.2) is 30.5 Å². The summed E-state index contributed by atoms with van der Waals surface area (Å²) in [6.45, 7) is 7.47. The summed E-state index contributed by atoms with van der Waals surface area (Å²) in [6.07, 6.45) is 1.19. The van der Waals surface area contributed by atoms with E-state index in [9.17, 15) is 0 Å². The van der Waals surface area contributed by atoms with E-state index in [1.54, 1.807) is 0 Å². The first-order valence-corrected chi connectivity index (χ1v) is 4.50. The van der Waals surface area contributed by atoms with Crippen molar-refractivity contribution in [2.45, 2.75) is 20.3 Å². The summed E-state index contributed by atoms with van der Waals surface area (Å²) in [5, 5.41) is 3.32. The zero-order chi connectivity index (χ0) is 8.55. The van der Waals surface area contributed by atoms with Gasteiger partial charge >= 0.3 is 0 Å². The molecule has 0 amide bonds. The predicted molar refractivity (Wildman–Crippen MR) is 50.0 cm³/mol. The van der Waals surface area contributed by atoms with Gasteiger partial charge in [-0.2, -0.15) is 0 Å². The van der Waals surface area contributed by atoms with Gasteiger partial charge in [-0.1, -0.05) is 0 Å². The number of nitrogens with zero attached hydrogens (tertiary/aromatic N) is 2. The Hall–Kier alpha value is -0.990. The Bertz CT molecular complexity index is 252. The van der Waals surface area contributed by atoms with Crippen LogP contribution in [0.3, 0.4) is 0 Å². The van der Waals surface area contributed by atoms with Crippen molar-refractivity contribution in [3.8, 4) is 0 Å². The third-order valence-corrected chi connectivity index (χ3v) is 2.51. The summed E-state index contributed by atoms with van der Waals surface area (Å²) in [5.74, 6) is 1.07. The zero-order valence-corrected chi connectivity index (χ0v) is 7.72. The number of guanidine groups is 1. The Labute approximate surface area is 73.2 Å². The molecule has 0 saturated heterocycles. The molecule has 0 aliphatic carbocycles.